The zero-order valence-corrected chi connectivity index (χ0v) is 13.0. The number of rotatable bonds is 7. The molecule has 24 heavy (non-hydrogen) atoms. The zero-order chi connectivity index (χ0) is 17.7. The Hall–Kier alpha value is -3.29. The summed E-state index contributed by atoms with van der Waals surface area (Å²) in [6, 6.07) is 10.2. The monoisotopic (exact) mass is 333 g/mol. The summed E-state index contributed by atoms with van der Waals surface area (Å²) in [7, 11) is 2.50. The molecule has 0 saturated heterocycles. The minimum Gasteiger partial charge on any atom is -0.493 e. The van der Waals surface area contributed by atoms with Crippen molar-refractivity contribution in [3.63, 3.8) is 0 Å². The van der Waals surface area contributed by atoms with Crippen LogP contribution in [0.25, 0.3) is 0 Å². The lowest BCUT2D eigenvalue weighted by atomic mass is 10.1. The summed E-state index contributed by atoms with van der Waals surface area (Å²) in [6.07, 6.45) is 0. The van der Waals surface area contributed by atoms with Crippen LogP contribution in [0, 0.1) is 10.1 Å². The van der Waals surface area contributed by atoms with Crippen LogP contribution in [0.15, 0.2) is 36.4 Å². The molecule has 2 rings (SSSR count). The molecule has 126 valence electrons. The minimum absolute atomic E-state index is 0.0273. The maximum Gasteiger partial charge on any atom is 0.343 e. The van der Waals surface area contributed by atoms with E-state index in [4.69, 9.17) is 14.2 Å². The van der Waals surface area contributed by atoms with Crippen molar-refractivity contribution < 1.29 is 29.0 Å². The lowest BCUT2D eigenvalue weighted by Crippen LogP contribution is -2.08. The second-order valence-electron chi connectivity index (χ2n) is 4.67. The van der Waals surface area contributed by atoms with E-state index in [-0.39, 0.29) is 23.9 Å². The van der Waals surface area contributed by atoms with Gasteiger partial charge in [0.15, 0.2) is 5.75 Å². The van der Waals surface area contributed by atoms with Crippen molar-refractivity contribution in [1.82, 2.24) is 0 Å². The average molecular weight is 333 g/mol. The first-order valence-electron chi connectivity index (χ1n) is 6.83. The maximum atomic E-state index is 11.3. The fourth-order valence-electron chi connectivity index (χ4n) is 2.16. The Morgan fingerprint density at radius 1 is 1.17 bits per heavy atom. The molecule has 0 saturated carbocycles. The highest BCUT2D eigenvalue weighted by atomic mass is 16.6. The van der Waals surface area contributed by atoms with Crippen molar-refractivity contribution in [3.05, 3.63) is 57.6 Å². The van der Waals surface area contributed by atoms with Crippen molar-refractivity contribution in [2.45, 2.75) is 6.61 Å². The Balaban J connectivity index is 2.54. The average Bonchev–Trinajstić information content (AvgIpc) is 2.58. The molecule has 0 atom stereocenters. The van der Waals surface area contributed by atoms with Crippen molar-refractivity contribution in [3.8, 4) is 17.2 Å². The molecule has 0 radical (unpaired) electrons. The molecule has 0 aromatic heterocycles. The molecule has 2 aromatic carbocycles. The number of ether oxygens (including phenoxy) is 3. The number of carbonyl (C=O) groups is 1. The number of methoxy groups -OCH3 is 2. The molecule has 1 N–H and O–H groups in total. The molecule has 0 heterocycles. The highest BCUT2D eigenvalue weighted by molar-refractivity contribution is 5.95. The van der Waals surface area contributed by atoms with Gasteiger partial charge in [0.2, 0.25) is 11.5 Å². The largest absolute Gasteiger partial charge is 0.493 e. The zero-order valence-electron chi connectivity index (χ0n) is 13.0. The molecule has 0 aliphatic carbocycles. The Kier molecular flexibility index (Phi) is 5.20. The molecule has 0 amide bonds. The number of carboxylic acid groups (broad SMARTS) is 1. The molecular weight excluding hydrogens is 318 g/mol. The molecule has 0 aliphatic rings. The summed E-state index contributed by atoms with van der Waals surface area (Å²) in [6.45, 7) is 0.108. The molecule has 0 bridgehead atoms. The number of aromatic carboxylic acids is 1. The third-order valence-electron chi connectivity index (χ3n) is 3.24. The normalized spacial score (nSPS) is 10.1. The summed E-state index contributed by atoms with van der Waals surface area (Å²) in [5.41, 5.74) is -0.402. The van der Waals surface area contributed by atoms with Crippen LogP contribution >= 0.6 is 0 Å². The van der Waals surface area contributed by atoms with Crippen LogP contribution in [0.3, 0.4) is 0 Å². The van der Waals surface area contributed by atoms with E-state index >= 15 is 0 Å². The minimum atomic E-state index is -1.46. The smallest absolute Gasteiger partial charge is 0.343 e. The highest BCUT2D eigenvalue weighted by Gasteiger charge is 2.32. The Bertz CT molecular complexity index is 759. The van der Waals surface area contributed by atoms with Gasteiger partial charge in [0.05, 0.1) is 19.1 Å². The van der Waals surface area contributed by atoms with Crippen molar-refractivity contribution >= 4 is 11.7 Å². The van der Waals surface area contributed by atoms with E-state index in [0.29, 0.717) is 0 Å². The van der Waals surface area contributed by atoms with E-state index in [1.807, 2.05) is 30.3 Å². The summed E-state index contributed by atoms with van der Waals surface area (Å²) in [5, 5.41) is 20.5. The van der Waals surface area contributed by atoms with Crippen molar-refractivity contribution in [1.29, 1.82) is 0 Å². The second-order valence-corrected chi connectivity index (χ2v) is 4.67. The van der Waals surface area contributed by atoms with Crippen LogP contribution < -0.4 is 14.2 Å². The van der Waals surface area contributed by atoms with Crippen molar-refractivity contribution in [2.75, 3.05) is 14.2 Å². The second kappa shape index (κ2) is 7.32. The Labute approximate surface area is 137 Å². The van der Waals surface area contributed by atoms with Crippen LogP contribution in [-0.4, -0.2) is 30.2 Å². The number of carboxylic acids is 1. The number of hydrogen-bond acceptors (Lipinski definition) is 6. The van der Waals surface area contributed by atoms with Gasteiger partial charge in [0, 0.05) is 6.07 Å². The summed E-state index contributed by atoms with van der Waals surface area (Å²) >= 11 is 0. The maximum absolute atomic E-state index is 11.3. The molecule has 0 spiro atoms. The van der Waals surface area contributed by atoms with Crippen LogP contribution in [0.4, 0.5) is 5.69 Å². The highest BCUT2D eigenvalue weighted by Crippen LogP contribution is 2.46. The van der Waals surface area contributed by atoms with E-state index in [9.17, 15) is 20.0 Å². The molecule has 0 unspecified atom stereocenters. The van der Waals surface area contributed by atoms with E-state index in [1.165, 1.54) is 14.2 Å². The van der Waals surface area contributed by atoms with Crippen LogP contribution in [0.2, 0.25) is 0 Å². The third kappa shape index (κ3) is 3.37. The standard InChI is InChI=1S/C16H15NO7/c1-22-12-8-11(16(18)19)13(17(20)21)15(23-2)14(12)24-9-10-6-4-3-5-7-10/h3-8H,9H2,1-2H3,(H,18,19). The van der Waals surface area contributed by atoms with E-state index < -0.39 is 22.1 Å². The predicted octanol–water partition coefficient (Wildman–Crippen LogP) is 2.89. The van der Waals surface area contributed by atoms with Crippen LogP contribution in [0.5, 0.6) is 17.2 Å². The molecule has 8 nitrogen and oxygen atoms in total. The number of nitro groups is 1. The van der Waals surface area contributed by atoms with E-state index in [2.05, 4.69) is 0 Å². The first kappa shape index (κ1) is 17.1. The van der Waals surface area contributed by atoms with Gasteiger partial charge in [-0.05, 0) is 5.56 Å². The Morgan fingerprint density at radius 3 is 2.33 bits per heavy atom. The SMILES string of the molecule is COc1cc(C(=O)O)c([N+](=O)[O-])c(OC)c1OCc1ccccc1. The number of nitrogens with zero attached hydrogens (tertiary/aromatic N) is 1. The van der Waals surface area contributed by atoms with Crippen LogP contribution in [-0.2, 0) is 6.61 Å². The lowest BCUT2D eigenvalue weighted by molar-refractivity contribution is -0.386. The predicted molar refractivity (Wildman–Crippen MR) is 83.9 cm³/mol. The molecule has 8 heteroatoms. The van der Waals surface area contributed by atoms with Gasteiger partial charge in [-0.3, -0.25) is 10.1 Å². The van der Waals surface area contributed by atoms with E-state index in [0.717, 1.165) is 11.6 Å². The topological polar surface area (TPSA) is 108 Å². The van der Waals surface area contributed by atoms with Gasteiger partial charge in [-0.15, -0.1) is 0 Å². The van der Waals surface area contributed by atoms with Gasteiger partial charge in [-0.1, -0.05) is 30.3 Å². The molecule has 0 fully saturated rings. The summed E-state index contributed by atoms with van der Waals surface area (Å²) < 4.78 is 15.8. The molecule has 2 aromatic rings. The lowest BCUT2D eigenvalue weighted by Gasteiger charge is -2.15. The first-order chi connectivity index (χ1) is 11.5. The van der Waals surface area contributed by atoms with Gasteiger partial charge in [0.25, 0.3) is 0 Å². The van der Waals surface area contributed by atoms with Gasteiger partial charge < -0.3 is 19.3 Å². The third-order valence-corrected chi connectivity index (χ3v) is 3.24. The fourth-order valence-corrected chi connectivity index (χ4v) is 2.16. The summed E-state index contributed by atoms with van der Waals surface area (Å²) in [5.74, 6) is -1.76. The number of hydrogen-bond donors (Lipinski definition) is 1. The Morgan fingerprint density at radius 2 is 1.83 bits per heavy atom. The van der Waals surface area contributed by atoms with Gasteiger partial charge in [-0.2, -0.15) is 0 Å². The quantitative estimate of drug-likeness (QED) is 0.613. The summed E-state index contributed by atoms with van der Waals surface area (Å²) in [4.78, 5) is 21.8. The van der Waals surface area contributed by atoms with Crippen LogP contribution in [0.1, 0.15) is 15.9 Å². The molecule has 0 aliphatic heterocycles. The number of nitro benzene ring substituents is 1. The fraction of sp³-hybridized carbons (Fsp3) is 0.188. The van der Waals surface area contributed by atoms with E-state index in [1.54, 1.807) is 0 Å². The molecular formula is C16H15NO7. The van der Waals surface area contributed by atoms with Crippen molar-refractivity contribution in [2.24, 2.45) is 0 Å². The van der Waals surface area contributed by atoms with Gasteiger partial charge in [-0.25, -0.2) is 4.79 Å². The van der Waals surface area contributed by atoms with Gasteiger partial charge in [0.1, 0.15) is 12.2 Å². The first-order valence-corrected chi connectivity index (χ1v) is 6.83. The number of benzene rings is 2. The van der Waals surface area contributed by atoms with Gasteiger partial charge >= 0.3 is 11.7 Å².